The van der Waals surface area contributed by atoms with E-state index in [1.54, 1.807) is 11.7 Å². The monoisotopic (exact) mass is 241 g/mol. The minimum absolute atomic E-state index is 0.149. The van der Waals surface area contributed by atoms with E-state index in [2.05, 4.69) is 10.4 Å². The highest BCUT2D eigenvalue weighted by atomic mass is 35.5. The van der Waals surface area contributed by atoms with Gasteiger partial charge in [-0.3, -0.25) is 9.48 Å². The molecule has 0 bridgehead atoms. The van der Waals surface area contributed by atoms with Crippen molar-refractivity contribution >= 4 is 17.4 Å². The molecule has 0 spiro atoms. The molecular formula is C11H16ClN3O. The van der Waals surface area contributed by atoms with Gasteiger partial charge in [0.1, 0.15) is 10.9 Å². The summed E-state index contributed by atoms with van der Waals surface area (Å²) in [6.45, 7) is 3.63. The zero-order chi connectivity index (χ0) is 11.7. The van der Waals surface area contributed by atoms with Crippen molar-refractivity contribution in [3.63, 3.8) is 0 Å². The van der Waals surface area contributed by atoms with E-state index in [9.17, 15) is 4.79 Å². The number of hydrogen-bond donors (Lipinski definition) is 1. The molecule has 88 valence electrons. The summed E-state index contributed by atoms with van der Waals surface area (Å²) in [6, 6.07) is 0. The fourth-order valence-electron chi connectivity index (χ4n) is 2.12. The van der Waals surface area contributed by atoms with Gasteiger partial charge in [0.2, 0.25) is 0 Å². The summed E-state index contributed by atoms with van der Waals surface area (Å²) in [6.07, 6.45) is 1.35. The van der Waals surface area contributed by atoms with E-state index in [-0.39, 0.29) is 11.7 Å². The second-order valence-corrected chi connectivity index (χ2v) is 4.67. The summed E-state index contributed by atoms with van der Waals surface area (Å²) in [7, 11) is 1.79. The number of nitrogens with one attached hydrogen (secondary N) is 1. The first kappa shape index (κ1) is 11.6. The predicted molar refractivity (Wildman–Crippen MR) is 62.6 cm³/mol. The average Bonchev–Trinajstić information content (AvgIpc) is 2.83. The summed E-state index contributed by atoms with van der Waals surface area (Å²) in [5, 5.41) is 7.99. The molecular weight excluding hydrogens is 226 g/mol. The predicted octanol–water partition coefficient (Wildman–Crippen LogP) is 1.10. The van der Waals surface area contributed by atoms with Gasteiger partial charge in [-0.1, -0.05) is 11.6 Å². The van der Waals surface area contributed by atoms with Crippen LogP contribution in [0.15, 0.2) is 0 Å². The second kappa shape index (κ2) is 4.55. The molecule has 2 heterocycles. The quantitative estimate of drug-likeness (QED) is 0.862. The van der Waals surface area contributed by atoms with Crippen LogP contribution in [0.3, 0.4) is 0 Å². The van der Waals surface area contributed by atoms with Gasteiger partial charge < -0.3 is 5.32 Å². The molecule has 0 saturated carbocycles. The Kier molecular flexibility index (Phi) is 3.30. The van der Waals surface area contributed by atoms with Gasteiger partial charge in [-0.15, -0.1) is 0 Å². The van der Waals surface area contributed by atoms with Crippen molar-refractivity contribution in [3.8, 4) is 0 Å². The molecule has 0 aromatic carbocycles. The number of aromatic nitrogens is 2. The average molecular weight is 242 g/mol. The summed E-state index contributed by atoms with van der Waals surface area (Å²) in [5.74, 6) is 0.415. The van der Waals surface area contributed by atoms with E-state index >= 15 is 0 Å². The first-order chi connectivity index (χ1) is 7.59. The lowest BCUT2D eigenvalue weighted by molar-refractivity contribution is -0.121. The lowest BCUT2D eigenvalue weighted by atomic mass is 9.97. The van der Waals surface area contributed by atoms with E-state index in [4.69, 9.17) is 11.6 Å². The maximum Gasteiger partial charge on any atom is 0.141 e. The minimum atomic E-state index is 0.149. The molecule has 16 heavy (non-hydrogen) atoms. The Morgan fingerprint density at radius 3 is 2.94 bits per heavy atom. The smallest absolute Gasteiger partial charge is 0.141 e. The van der Waals surface area contributed by atoms with Crippen molar-refractivity contribution in [2.45, 2.75) is 19.8 Å². The van der Waals surface area contributed by atoms with Crippen LogP contribution in [-0.2, 0) is 18.3 Å². The standard InChI is InChI=1S/C11H16ClN3O/c1-7-9(11(12)15(2)14-7)5-10(16)8-3-4-13-6-8/h8,13H,3-6H2,1-2H3. The van der Waals surface area contributed by atoms with Gasteiger partial charge in [-0.2, -0.15) is 5.10 Å². The third kappa shape index (κ3) is 2.13. The van der Waals surface area contributed by atoms with Gasteiger partial charge in [-0.05, 0) is 19.9 Å². The van der Waals surface area contributed by atoms with Crippen LogP contribution in [0.1, 0.15) is 17.7 Å². The van der Waals surface area contributed by atoms with Crippen LogP contribution in [-0.4, -0.2) is 28.7 Å². The molecule has 1 N–H and O–H groups in total. The van der Waals surface area contributed by atoms with Crippen molar-refractivity contribution in [3.05, 3.63) is 16.4 Å². The number of nitrogens with zero attached hydrogens (tertiary/aromatic N) is 2. The maximum absolute atomic E-state index is 12.0. The molecule has 1 aromatic rings. The Hall–Kier alpha value is -0.870. The van der Waals surface area contributed by atoms with Crippen molar-refractivity contribution in [1.82, 2.24) is 15.1 Å². The number of aryl methyl sites for hydroxylation is 2. The minimum Gasteiger partial charge on any atom is -0.316 e. The molecule has 0 aliphatic carbocycles. The molecule has 0 radical (unpaired) electrons. The van der Waals surface area contributed by atoms with E-state index in [1.807, 2.05) is 6.92 Å². The number of halogens is 1. The summed E-state index contributed by atoms with van der Waals surface area (Å²) < 4.78 is 1.62. The fourth-order valence-corrected chi connectivity index (χ4v) is 2.36. The Morgan fingerprint density at radius 2 is 2.44 bits per heavy atom. The number of rotatable bonds is 3. The zero-order valence-corrected chi connectivity index (χ0v) is 10.3. The van der Waals surface area contributed by atoms with Crippen molar-refractivity contribution in [2.24, 2.45) is 13.0 Å². The zero-order valence-electron chi connectivity index (χ0n) is 9.59. The molecule has 1 unspecified atom stereocenters. The molecule has 2 rings (SSSR count). The van der Waals surface area contributed by atoms with Gasteiger partial charge in [0.05, 0.1) is 5.69 Å². The highest BCUT2D eigenvalue weighted by Crippen LogP contribution is 2.21. The molecule has 1 aliphatic heterocycles. The van der Waals surface area contributed by atoms with Crippen molar-refractivity contribution in [2.75, 3.05) is 13.1 Å². The maximum atomic E-state index is 12.0. The van der Waals surface area contributed by atoms with Crippen LogP contribution in [0.5, 0.6) is 0 Å². The molecule has 0 amide bonds. The Bertz CT molecular complexity index is 408. The summed E-state index contributed by atoms with van der Waals surface area (Å²) in [5.41, 5.74) is 1.73. The van der Waals surface area contributed by atoms with Crippen LogP contribution in [0.4, 0.5) is 0 Å². The number of Topliss-reactive ketones (excluding diaryl/α,β-unsaturated/α-hetero) is 1. The van der Waals surface area contributed by atoms with Crippen LogP contribution in [0.2, 0.25) is 5.15 Å². The molecule has 1 atom stereocenters. The number of ketones is 1. The van der Waals surface area contributed by atoms with E-state index in [1.165, 1.54) is 0 Å². The van der Waals surface area contributed by atoms with Crippen LogP contribution >= 0.6 is 11.6 Å². The van der Waals surface area contributed by atoms with Gasteiger partial charge in [0.15, 0.2) is 0 Å². The summed E-state index contributed by atoms with van der Waals surface area (Å²) in [4.78, 5) is 12.0. The topological polar surface area (TPSA) is 46.9 Å². The second-order valence-electron chi connectivity index (χ2n) is 4.31. The molecule has 1 saturated heterocycles. The highest BCUT2D eigenvalue weighted by molar-refractivity contribution is 6.30. The van der Waals surface area contributed by atoms with Crippen LogP contribution in [0, 0.1) is 12.8 Å². The number of hydrogen-bond acceptors (Lipinski definition) is 3. The fraction of sp³-hybridized carbons (Fsp3) is 0.636. The SMILES string of the molecule is Cc1nn(C)c(Cl)c1CC(=O)C1CCNC1. The Morgan fingerprint density at radius 1 is 1.69 bits per heavy atom. The lowest BCUT2D eigenvalue weighted by Gasteiger charge is -2.06. The highest BCUT2D eigenvalue weighted by Gasteiger charge is 2.24. The van der Waals surface area contributed by atoms with Crippen molar-refractivity contribution < 1.29 is 4.79 Å². The Labute approximate surface area is 100.0 Å². The van der Waals surface area contributed by atoms with E-state index in [0.717, 1.165) is 30.8 Å². The molecule has 5 heteroatoms. The number of carbonyl (C=O) groups excluding carboxylic acids is 1. The molecule has 1 fully saturated rings. The first-order valence-electron chi connectivity index (χ1n) is 5.51. The van der Waals surface area contributed by atoms with Gasteiger partial charge in [-0.25, -0.2) is 0 Å². The first-order valence-corrected chi connectivity index (χ1v) is 5.88. The third-order valence-electron chi connectivity index (χ3n) is 3.14. The summed E-state index contributed by atoms with van der Waals surface area (Å²) >= 11 is 6.10. The third-order valence-corrected chi connectivity index (χ3v) is 3.61. The van der Waals surface area contributed by atoms with Gasteiger partial charge in [0.25, 0.3) is 0 Å². The lowest BCUT2D eigenvalue weighted by Crippen LogP contribution is -2.19. The van der Waals surface area contributed by atoms with Crippen LogP contribution in [0.25, 0.3) is 0 Å². The van der Waals surface area contributed by atoms with Gasteiger partial charge >= 0.3 is 0 Å². The normalized spacial score (nSPS) is 20.3. The Balaban J connectivity index is 2.11. The van der Waals surface area contributed by atoms with Gasteiger partial charge in [0, 0.05) is 31.5 Å². The molecule has 4 nitrogen and oxygen atoms in total. The largest absolute Gasteiger partial charge is 0.316 e. The molecule has 1 aliphatic rings. The number of carbonyl (C=O) groups is 1. The van der Waals surface area contributed by atoms with E-state index in [0.29, 0.717) is 11.6 Å². The van der Waals surface area contributed by atoms with Crippen molar-refractivity contribution in [1.29, 1.82) is 0 Å². The van der Waals surface area contributed by atoms with E-state index < -0.39 is 0 Å². The van der Waals surface area contributed by atoms with Crippen LogP contribution < -0.4 is 5.32 Å². The molecule has 1 aromatic heterocycles.